The topological polar surface area (TPSA) is 50.4 Å². The number of halogens is 5. The van der Waals surface area contributed by atoms with Gasteiger partial charge in [0.25, 0.3) is 0 Å². The van der Waals surface area contributed by atoms with Gasteiger partial charge in [0.1, 0.15) is 11.6 Å². The molecular formula is C14H9ClF4N2O2. The van der Waals surface area contributed by atoms with Crippen molar-refractivity contribution < 1.29 is 27.1 Å². The summed E-state index contributed by atoms with van der Waals surface area (Å²) in [6, 6.07) is 7.41. The minimum absolute atomic E-state index is 0.0936. The van der Waals surface area contributed by atoms with Crippen molar-refractivity contribution >= 4 is 29.0 Å². The van der Waals surface area contributed by atoms with E-state index < -0.39 is 24.0 Å². The first-order valence-electron chi connectivity index (χ1n) is 6.12. The van der Waals surface area contributed by atoms with Crippen molar-refractivity contribution in [1.82, 2.24) is 0 Å². The number of hydrogen-bond acceptors (Lipinski definition) is 2. The minimum atomic E-state index is -4.79. The highest BCUT2D eigenvalue weighted by atomic mass is 35.5. The lowest BCUT2D eigenvalue weighted by molar-refractivity contribution is -0.274. The summed E-state index contributed by atoms with van der Waals surface area (Å²) in [6.07, 6.45) is -4.79. The molecule has 0 saturated heterocycles. The van der Waals surface area contributed by atoms with Crippen molar-refractivity contribution in [3.05, 3.63) is 53.3 Å². The SMILES string of the molecule is O=C(Nc1ccc(OC(F)(F)F)cc1)Nc1ccc(Cl)cc1F. The fraction of sp³-hybridized carbons (Fsp3) is 0.0714. The highest BCUT2D eigenvalue weighted by molar-refractivity contribution is 6.30. The van der Waals surface area contributed by atoms with Crippen LogP contribution in [0, 0.1) is 5.82 Å². The van der Waals surface area contributed by atoms with Gasteiger partial charge < -0.3 is 15.4 Å². The summed E-state index contributed by atoms with van der Waals surface area (Å²) < 4.78 is 53.2. The van der Waals surface area contributed by atoms with Crippen LogP contribution in [0.3, 0.4) is 0 Å². The Hall–Kier alpha value is -2.48. The fourth-order valence-electron chi connectivity index (χ4n) is 1.62. The third kappa shape index (κ3) is 5.33. The van der Waals surface area contributed by atoms with Crippen LogP contribution in [-0.2, 0) is 0 Å². The van der Waals surface area contributed by atoms with E-state index in [1.807, 2.05) is 0 Å². The molecule has 0 aliphatic carbocycles. The molecule has 0 fully saturated rings. The first-order chi connectivity index (χ1) is 10.7. The molecule has 0 bridgehead atoms. The quantitative estimate of drug-likeness (QED) is 0.765. The number of carbonyl (C=O) groups is 1. The second-order valence-electron chi connectivity index (χ2n) is 4.28. The summed E-state index contributed by atoms with van der Waals surface area (Å²) in [5.74, 6) is -1.14. The van der Waals surface area contributed by atoms with E-state index in [9.17, 15) is 22.4 Å². The number of anilines is 2. The lowest BCUT2D eigenvalue weighted by Gasteiger charge is -2.11. The van der Waals surface area contributed by atoms with E-state index in [1.54, 1.807) is 0 Å². The Morgan fingerprint density at radius 2 is 1.70 bits per heavy atom. The molecule has 2 amide bonds. The molecule has 2 rings (SSSR count). The lowest BCUT2D eigenvalue weighted by atomic mass is 10.3. The zero-order valence-electron chi connectivity index (χ0n) is 11.2. The summed E-state index contributed by atoms with van der Waals surface area (Å²) in [5, 5.41) is 4.75. The van der Waals surface area contributed by atoms with E-state index in [1.165, 1.54) is 24.3 Å². The second-order valence-corrected chi connectivity index (χ2v) is 4.71. The molecule has 0 radical (unpaired) electrons. The molecule has 0 unspecified atom stereocenters. The van der Waals surface area contributed by atoms with Crippen molar-refractivity contribution in [1.29, 1.82) is 0 Å². The van der Waals surface area contributed by atoms with Gasteiger partial charge >= 0.3 is 12.4 Å². The first kappa shape index (κ1) is 16.9. The van der Waals surface area contributed by atoms with E-state index >= 15 is 0 Å². The number of ether oxygens (including phenoxy) is 1. The maximum absolute atomic E-state index is 13.5. The number of amides is 2. The number of urea groups is 1. The average molecular weight is 349 g/mol. The lowest BCUT2D eigenvalue weighted by Crippen LogP contribution is -2.20. The zero-order valence-corrected chi connectivity index (χ0v) is 12.0. The maximum Gasteiger partial charge on any atom is 0.573 e. The van der Waals surface area contributed by atoms with Gasteiger partial charge in [-0.1, -0.05) is 11.6 Å². The molecular weight excluding hydrogens is 340 g/mol. The molecule has 0 saturated carbocycles. The smallest absolute Gasteiger partial charge is 0.406 e. The summed E-state index contributed by atoms with van der Waals surface area (Å²) in [4.78, 5) is 11.7. The average Bonchev–Trinajstić information content (AvgIpc) is 2.42. The normalized spacial score (nSPS) is 11.0. The Morgan fingerprint density at radius 3 is 2.26 bits per heavy atom. The molecule has 0 aliphatic rings. The standard InChI is InChI=1S/C14H9ClF4N2O2/c15-8-1-6-12(11(16)7-8)21-13(22)20-9-2-4-10(5-3-9)23-14(17,18)19/h1-7H,(H2,20,21,22). The van der Waals surface area contributed by atoms with Crippen molar-refractivity contribution in [3.8, 4) is 5.75 Å². The van der Waals surface area contributed by atoms with Gasteiger partial charge in [-0.05, 0) is 42.5 Å². The molecule has 0 heterocycles. The first-order valence-corrected chi connectivity index (χ1v) is 6.49. The Labute approximate surface area is 133 Å². The molecule has 2 aromatic rings. The summed E-state index contributed by atoms with van der Waals surface area (Å²) in [7, 11) is 0. The van der Waals surface area contributed by atoms with E-state index in [0.717, 1.165) is 18.2 Å². The zero-order chi connectivity index (χ0) is 17.0. The van der Waals surface area contributed by atoms with Gasteiger partial charge in [0.05, 0.1) is 5.69 Å². The molecule has 4 nitrogen and oxygen atoms in total. The van der Waals surface area contributed by atoms with E-state index in [4.69, 9.17) is 11.6 Å². The van der Waals surface area contributed by atoms with Crippen LogP contribution in [0.4, 0.5) is 33.7 Å². The van der Waals surface area contributed by atoms with Crippen molar-refractivity contribution in [2.24, 2.45) is 0 Å². The molecule has 2 N–H and O–H groups in total. The predicted octanol–water partition coefficient (Wildman–Crippen LogP) is 5.02. The van der Waals surface area contributed by atoms with Crippen LogP contribution in [0.25, 0.3) is 0 Å². The van der Waals surface area contributed by atoms with E-state index in [0.29, 0.717) is 0 Å². The molecule has 0 spiro atoms. The number of carbonyl (C=O) groups excluding carboxylic acids is 1. The number of benzene rings is 2. The molecule has 122 valence electrons. The number of alkyl halides is 3. The van der Waals surface area contributed by atoms with Gasteiger partial charge in [-0.25, -0.2) is 9.18 Å². The van der Waals surface area contributed by atoms with Gasteiger partial charge in [0.15, 0.2) is 0 Å². The fourth-order valence-corrected chi connectivity index (χ4v) is 1.77. The second kappa shape index (κ2) is 6.74. The minimum Gasteiger partial charge on any atom is -0.406 e. The van der Waals surface area contributed by atoms with Crippen molar-refractivity contribution in [2.45, 2.75) is 6.36 Å². The van der Waals surface area contributed by atoms with Crippen LogP contribution < -0.4 is 15.4 Å². The predicted molar refractivity (Wildman–Crippen MR) is 77.2 cm³/mol. The van der Waals surface area contributed by atoms with Gasteiger partial charge in [-0.3, -0.25) is 0 Å². The highest BCUT2D eigenvalue weighted by Gasteiger charge is 2.30. The Bertz CT molecular complexity index is 705. The molecule has 0 aromatic heterocycles. The molecule has 23 heavy (non-hydrogen) atoms. The Morgan fingerprint density at radius 1 is 1.04 bits per heavy atom. The molecule has 0 atom stereocenters. The van der Waals surface area contributed by atoms with Gasteiger partial charge in [0, 0.05) is 10.7 Å². The van der Waals surface area contributed by atoms with Crippen LogP contribution in [0.2, 0.25) is 5.02 Å². The van der Waals surface area contributed by atoms with Crippen molar-refractivity contribution in [3.63, 3.8) is 0 Å². The molecule has 0 aliphatic heterocycles. The summed E-state index contributed by atoms with van der Waals surface area (Å²) in [6.45, 7) is 0. The van der Waals surface area contributed by atoms with E-state index in [2.05, 4.69) is 15.4 Å². The number of nitrogens with one attached hydrogen (secondary N) is 2. The maximum atomic E-state index is 13.5. The van der Waals surface area contributed by atoms with Crippen LogP contribution in [-0.4, -0.2) is 12.4 Å². The largest absolute Gasteiger partial charge is 0.573 e. The molecule has 2 aromatic carbocycles. The van der Waals surface area contributed by atoms with Crippen LogP contribution in [0.15, 0.2) is 42.5 Å². The monoisotopic (exact) mass is 348 g/mol. The van der Waals surface area contributed by atoms with Crippen molar-refractivity contribution in [2.75, 3.05) is 10.6 Å². The van der Waals surface area contributed by atoms with Crippen LogP contribution in [0.1, 0.15) is 0 Å². The van der Waals surface area contributed by atoms with Gasteiger partial charge in [-0.2, -0.15) is 0 Å². The summed E-state index contributed by atoms with van der Waals surface area (Å²) >= 11 is 5.58. The Balaban J connectivity index is 1.97. The van der Waals surface area contributed by atoms with Crippen LogP contribution in [0.5, 0.6) is 5.75 Å². The van der Waals surface area contributed by atoms with E-state index in [-0.39, 0.29) is 16.4 Å². The Kier molecular flexibility index (Phi) is 4.95. The van der Waals surface area contributed by atoms with Crippen LogP contribution >= 0.6 is 11.6 Å². The van der Waals surface area contributed by atoms with Gasteiger partial charge in [0.2, 0.25) is 0 Å². The summed E-state index contributed by atoms with van der Waals surface area (Å²) in [5.41, 5.74) is 0.107. The number of hydrogen-bond donors (Lipinski definition) is 2. The third-order valence-corrected chi connectivity index (χ3v) is 2.76. The highest BCUT2D eigenvalue weighted by Crippen LogP contribution is 2.24. The molecule has 9 heteroatoms. The number of rotatable bonds is 3. The third-order valence-electron chi connectivity index (χ3n) is 2.53. The van der Waals surface area contributed by atoms with Gasteiger partial charge in [-0.15, -0.1) is 13.2 Å².